The van der Waals surface area contributed by atoms with Crippen molar-refractivity contribution >= 4 is 34.1 Å². The number of nitrogens with zero attached hydrogens (tertiary/aromatic N) is 1. The van der Waals surface area contributed by atoms with Crippen LogP contribution in [-0.4, -0.2) is 29.2 Å². The second-order valence-corrected chi connectivity index (χ2v) is 8.00. The van der Waals surface area contributed by atoms with Crippen molar-refractivity contribution in [3.8, 4) is 0 Å². The number of rotatable bonds is 5. The number of anilines is 1. The summed E-state index contributed by atoms with van der Waals surface area (Å²) in [5.41, 5.74) is 8.09. The van der Waals surface area contributed by atoms with Crippen molar-refractivity contribution in [1.29, 1.82) is 0 Å². The second kappa shape index (κ2) is 7.92. The number of carbonyl (C=O) groups excluding carboxylic acids is 3. The highest BCUT2D eigenvalue weighted by molar-refractivity contribution is 7.16. The molecule has 0 unspecified atom stereocenters. The van der Waals surface area contributed by atoms with Crippen LogP contribution in [0.25, 0.3) is 0 Å². The Kier molecular flexibility index (Phi) is 5.60. The first-order valence-corrected chi connectivity index (χ1v) is 9.76. The van der Waals surface area contributed by atoms with E-state index in [9.17, 15) is 14.4 Å². The molecule has 1 aliphatic heterocycles. The zero-order valence-corrected chi connectivity index (χ0v) is 16.3. The molecule has 7 heteroatoms. The van der Waals surface area contributed by atoms with Gasteiger partial charge in [-0.25, -0.2) is 0 Å². The van der Waals surface area contributed by atoms with Gasteiger partial charge >= 0.3 is 0 Å². The summed E-state index contributed by atoms with van der Waals surface area (Å²) in [4.78, 5) is 38.9. The lowest BCUT2D eigenvalue weighted by molar-refractivity contribution is -0.133. The highest BCUT2D eigenvalue weighted by Crippen LogP contribution is 2.32. The lowest BCUT2D eigenvalue weighted by Gasteiger charge is -2.26. The predicted octanol–water partition coefficient (Wildman–Crippen LogP) is 3.23. The SMILES string of the molecule is Cc1sc(NC(=O)c2ccc(CN3CCCCC3=O)cc2)c(C(N)=O)c1C. The average Bonchev–Trinajstić information content (AvgIpc) is 2.91. The summed E-state index contributed by atoms with van der Waals surface area (Å²) in [7, 11) is 0. The van der Waals surface area contributed by atoms with Crippen molar-refractivity contribution < 1.29 is 14.4 Å². The summed E-state index contributed by atoms with van der Waals surface area (Å²) in [5, 5.41) is 3.27. The number of nitrogens with one attached hydrogen (secondary N) is 1. The van der Waals surface area contributed by atoms with E-state index < -0.39 is 5.91 Å². The molecular weight excluding hydrogens is 362 g/mol. The summed E-state index contributed by atoms with van der Waals surface area (Å²) in [6.45, 7) is 5.06. The van der Waals surface area contributed by atoms with E-state index in [-0.39, 0.29) is 11.8 Å². The molecule has 6 nitrogen and oxygen atoms in total. The molecule has 0 spiro atoms. The van der Waals surface area contributed by atoms with Crippen LogP contribution in [0, 0.1) is 13.8 Å². The van der Waals surface area contributed by atoms with Crippen molar-refractivity contribution in [1.82, 2.24) is 4.90 Å². The van der Waals surface area contributed by atoms with Crippen molar-refractivity contribution in [3.63, 3.8) is 0 Å². The smallest absolute Gasteiger partial charge is 0.256 e. The Morgan fingerprint density at radius 3 is 2.52 bits per heavy atom. The molecule has 2 aromatic rings. The minimum Gasteiger partial charge on any atom is -0.365 e. The highest BCUT2D eigenvalue weighted by Gasteiger charge is 2.20. The van der Waals surface area contributed by atoms with Gasteiger partial charge in [0.15, 0.2) is 0 Å². The van der Waals surface area contributed by atoms with Gasteiger partial charge in [-0.05, 0) is 49.9 Å². The van der Waals surface area contributed by atoms with E-state index in [4.69, 9.17) is 5.73 Å². The maximum atomic E-state index is 12.5. The standard InChI is InChI=1S/C20H23N3O3S/c1-12-13(2)27-20(17(12)18(21)25)22-19(26)15-8-6-14(7-9-15)11-23-10-4-3-5-16(23)24/h6-9H,3-5,10-11H2,1-2H3,(H2,21,25)(H,22,26). The van der Waals surface area contributed by atoms with Gasteiger partial charge in [-0.1, -0.05) is 12.1 Å². The van der Waals surface area contributed by atoms with Gasteiger partial charge in [0.25, 0.3) is 11.8 Å². The first-order valence-electron chi connectivity index (χ1n) is 8.94. The number of aryl methyl sites for hydroxylation is 1. The number of hydrogen-bond donors (Lipinski definition) is 2. The van der Waals surface area contributed by atoms with Crippen LogP contribution < -0.4 is 11.1 Å². The van der Waals surface area contributed by atoms with Crippen LogP contribution in [0.1, 0.15) is 56.0 Å². The fourth-order valence-corrected chi connectivity index (χ4v) is 4.26. The number of piperidine rings is 1. The maximum Gasteiger partial charge on any atom is 0.256 e. The maximum absolute atomic E-state index is 12.5. The summed E-state index contributed by atoms with van der Waals surface area (Å²) in [6.07, 6.45) is 2.61. The number of carbonyl (C=O) groups is 3. The van der Waals surface area contributed by atoms with Gasteiger partial charge in [-0.2, -0.15) is 0 Å². The molecule has 0 radical (unpaired) electrons. The van der Waals surface area contributed by atoms with Crippen LogP contribution in [0.2, 0.25) is 0 Å². The lowest BCUT2D eigenvalue weighted by atomic mass is 10.1. The minimum atomic E-state index is -0.548. The third-order valence-corrected chi connectivity index (χ3v) is 5.99. The molecule has 142 valence electrons. The third kappa shape index (κ3) is 4.19. The molecule has 0 saturated carbocycles. The van der Waals surface area contributed by atoms with Crippen molar-refractivity contribution in [2.75, 3.05) is 11.9 Å². The molecule has 1 aromatic carbocycles. The van der Waals surface area contributed by atoms with Crippen LogP contribution in [0.4, 0.5) is 5.00 Å². The summed E-state index contributed by atoms with van der Waals surface area (Å²) in [6, 6.07) is 7.18. The van der Waals surface area contributed by atoms with Crippen molar-refractivity contribution in [2.45, 2.75) is 39.7 Å². The van der Waals surface area contributed by atoms with Gasteiger partial charge in [0, 0.05) is 30.0 Å². The largest absolute Gasteiger partial charge is 0.365 e. The number of nitrogens with two attached hydrogens (primary N) is 1. The average molecular weight is 385 g/mol. The number of thiophene rings is 1. The van der Waals surface area contributed by atoms with E-state index in [0.29, 0.717) is 29.1 Å². The molecule has 2 heterocycles. The van der Waals surface area contributed by atoms with Crippen LogP contribution in [0.3, 0.4) is 0 Å². The predicted molar refractivity (Wildman–Crippen MR) is 106 cm³/mol. The minimum absolute atomic E-state index is 0.186. The number of hydrogen-bond acceptors (Lipinski definition) is 4. The monoisotopic (exact) mass is 385 g/mol. The van der Waals surface area contributed by atoms with E-state index >= 15 is 0 Å². The summed E-state index contributed by atoms with van der Waals surface area (Å²) in [5.74, 6) is -0.654. The summed E-state index contributed by atoms with van der Waals surface area (Å²) >= 11 is 1.34. The molecule has 1 fully saturated rings. The first kappa shape index (κ1) is 19.1. The molecule has 3 N–H and O–H groups in total. The van der Waals surface area contributed by atoms with E-state index in [2.05, 4.69) is 5.32 Å². The summed E-state index contributed by atoms with van der Waals surface area (Å²) < 4.78 is 0. The first-order chi connectivity index (χ1) is 12.9. The van der Waals surface area contributed by atoms with Gasteiger partial charge in [0.1, 0.15) is 5.00 Å². The van der Waals surface area contributed by atoms with Crippen molar-refractivity contribution in [3.05, 3.63) is 51.4 Å². The van der Waals surface area contributed by atoms with E-state index in [0.717, 1.165) is 35.4 Å². The van der Waals surface area contributed by atoms with Gasteiger partial charge in [0.2, 0.25) is 5.91 Å². The lowest BCUT2D eigenvalue weighted by Crippen LogP contribution is -2.34. The zero-order chi connectivity index (χ0) is 19.6. The van der Waals surface area contributed by atoms with Gasteiger partial charge in [-0.15, -0.1) is 11.3 Å². The topological polar surface area (TPSA) is 92.5 Å². The molecule has 1 saturated heterocycles. The normalized spacial score (nSPS) is 14.3. The molecular formula is C20H23N3O3S. The van der Waals surface area contributed by atoms with Crippen LogP contribution in [0.15, 0.2) is 24.3 Å². The molecule has 0 aliphatic carbocycles. The van der Waals surface area contributed by atoms with Crippen molar-refractivity contribution in [2.24, 2.45) is 5.73 Å². The number of likely N-dealkylation sites (tertiary alicyclic amines) is 1. The zero-order valence-electron chi connectivity index (χ0n) is 15.5. The number of amides is 3. The fraction of sp³-hybridized carbons (Fsp3) is 0.350. The fourth-order valence-electron chi connectivity index (χ4n) is 3.20. The molecule has 27 heavy (non-hydrogen) atoms. The highest BCUT2D eigenvalue weighted by atomic mass is 32.1. The Bertz CT molecular complexity index is 887. The van der Waals surface area contributed by atoms with E-state index in [1.54, 1.807) is 12.1 Å². The Labute approximate surface area is 162 Å². The molecule has 0 bridgehead atoms. The molecule has 1 aliphatic rings. The Morgan fingerprint density at radius 1 is 1.19 bits per heavy atom. The van der Waals surface area contributed by atoms with Gasteiger partial charge < -0.3 is 16.0 Å². The number of benzene rings is 1. The van der Waals surface area contributed by atoms with Crippen LogP contribution in [-0.2, 0) is 11.3 Å². The Balaban J connectivity index is 1.70. The Hall–Kier alpha value is -2.67. The quantitative estimate of drug-likeness (QED) is 0.827. The molecule has 3 rings (SSSR count). The number of primary amides is 1. The van der Waals surface area contributed by atoms with Gasteiger partial charge in [0.05, 0.1) is 5.56 Å². The molecule has 0 atom stereocenters. The Morgan fingerprint density at radius 2 is 1.89 bits per heavy atom. The van der Waals surface area contributed by atoms with E-state index in [1.807, 2.05) is 30.9 Å². The van der Waals surface area contributed by atoms with Crippen LogP contribution >= 0.6 is 11.3 Å². The third-order valence-electron chi connectivity index (χ3n) is 4.87. The second-order valence-electron chi connectivity index (χ2n) is 6.78. The van der Waals surface area contributed by atoms with E-state index in [1.165, 1.54) is 11.3 Å². The van der Waals surface area contributed by atoms with Gasteiger partial charge in [-0.3, -0.25) is 14.4 Å². The molecule has 3 amide bonds. The van der Waals surface area contributed by atoms with Crippen LogP contribution in [0.5, 0.6) is 0 Å². The molecule has 1 aromatic heterocycles.